The van der Waals surface area contributed by atoms with Crippen LogP contribution in [0, 0.1) is 5.82 Å². The van der Waals surface area contributed by atoms with E-state index in [2.05, 4.69) is 10.6 Å². The molecule has 0 bridgehead atoms. The van der Waals surface area contributed by atoms with Crippen LogP contribution in [0.15, 0.2) is 47.4 Å². The first-order valence-electron chi connectivity index (χ1n) is 12.4. The maximum atomic E-state index is 13.5. The molecule has 0 atom stereocenters. The normalized spacial score (nSPS) is 14.9. The second-order valence-corrected chi connectivity index (χ2v) is 11.1. The van der Waals surface area contributed by atoms with E-state index in [9.17, 15) is 22.4 Å². The van der Waals surface area contributed by atoms with Gasteiger partial charge in [0.1, 0.15) is 5.82 Å². The lowest BCUT2D eigenvalue weighted by molar-refractivity contribution is -0.119. The lowest BCUT2D eigenvalue weighted by Crippen LogP contribution is -2.36. The predicted octanol–water partition coefficient (Wildman–Crippen LogP) is 3.85. The highest BCUT2D eigenvalue weighted by Crippen LogP contribution is 2.27. The number of nitrogens with zero attached hydrogens (tertiary/aromatic N) is 2. The van der Waals surface area contributed by atoms with Gasteiger partial charge in [0.05, 0.1) is 18.0 Å². The van der Waals surface area contributed by atoms with Crippen molar-refractivity contribution in [2.75, 3.05) is 43.9 Å². The van der Waals surface area contributed by atoms with E-state index in [1.807, 2.05) is 6.92 Å². The maximum Gasteiger partial charge on any atom is 0.243 e. The van der Waals surface area contributed by atoms with Crippen LogP contribution in [0.4, 0.5) is 15.8 Å². The van der Waals surface area contributed by atoms with E-state index in [4.69, 9.17) is 0 Å². The summed E-state index contributed by atoms with van der Waals surface area (Å²) in [5.41, 5.74) is 1.47. The van der Waals surface area contributed by atoms with Crippen molar-refractivity contribution in [3.63, 3.8) is 0 Å². The highest BCUT2D eigenvalue weighted by Gasteiger charge is 2.28. The van der Waals surface area contributed by atoms with Gasteiger partial charge in [-0.05, 0) is 62.2 Å². The number of anilines is 2. The van der Waals surface area contributed by atoms with Gasteiger partial charge >= 0.3 is 0 Å². The molecule has 3 rings (SSSR count). The highest BCUT2D eigenvalue weighted by molar-refractivity contribution is 7.89. The smallest absolute Gasteiger partial charge is 0.243 e. The molecule has 0 radical (unpaired) electrons. The summed E-state index contributed by atoms with van der Waals surface area (Å²) in [6.07, 6.45) is 5.17. The van der Waals surface area contributed by atoms with Crippen LogP contribution in [-0.2, 0) is 26.0 Å². The van der Waals surface area contributed by atoms with Crippen LogP contribution in [0.2, 0.25) is 0 Å². The molecule has 2 amide bonds. The van der Waals surface area contributed by atoms with Crippen molar-refractivity contribution in [1.82, 2.24) is 9.21 Å². The van der Waals surface area contributed by atoms with E-state index in [0.29, 0.717) is 30.9 Å². The fourth-order valence-corrected chi connectivity index (χ4v) is 6.08. The number of likely N-dealkylation sites (N-methyl/N-ethyl adjacent to an activating group) is 1. The minimum atomic E-state index is -3.68. The Balaban J connectivity index is 1.65. The average Bonchev–Trinajstić information content (AvgIpc) is 3.10. The van der Waals surface area contributed by atoms with Crippen molar-refractivity contribution in [2.45, 2.75) is 50.3 Å². The van der Waals surface area contributed by atoms with Gasteiger partial charge in [-0.1, -0.05) is 38.3 Å². The predicted molar refractivity (Wildman–Crippen MR) is 139 cm³/mol. The zero-order valence-electron chi connectivity index (χ0n) is 20.9. The van der Waals surface area contributed by atoms with Crippen LogP contribution in [0.3, 0.4) is 0 Å². The molecule has 1 aliphatic heterocycles. The molecule has 196 valence electrons. The Morgan fingerprint density at radius 3 is 2.14 bits per heavy atom. The minimum Gasteiger partial charge on any atom is -0.325 e. The molecule has 2 aromatic rings. The number of carbonyl (C=O) groups is 2. The minimum absolute atomic E-state index is 0.0754. The molecule has 2 N–H and O–H groups in total. The number of carbonyl (C=O) groups excluding carboxylic acids is 2. The number of hydrogen-bond acceptors (Lipinski definition) is 5. The summed E-state index contributed by atoms with van der Waals surface area (Å²) in [5.74, 6) is -1.22. The van der Waals surface area contributed by atoms with Crippen LogP contribution >= 0.6 is 0 Å². The van der Waals surface area contributed by atoms with E-state index in [1.54, 1.807) is 35.6 Å². The third-order valence-corrected chi connectivity index (χ3v) is 7.97. The van der Waals surface area contributed by atoms with Crippen LogP contribution in [0.1, 0.15) is 44.6 Å². The van der Waals surface area contributed by atoms with E-state index in [0.717, 1.165) is 37.7 Å². The van der Waals surface area contributed by atoms with Crippen molar-refractivity contribution >= 4 is 33.2 Å². The van der Waals surface area contributed by atoms with E-state index < -0.39 is 15.8 Å². The molecular weight excluding hydrogens is 483 g/mol. The van der Waals surface area contributed by atoms with E-state index in [1.165, 1.54) is 23.1 Å². The molecule has 10 heteroatoms. The summed E-state index contributed by atoms with van der Waals surface area (Å²) in [6, 6.07) is 10.6. The molecule has 1 saturated heterocycles. The van der Waals surface area contributed by atoms with E-state index in [-0.39, 0.29) is 29.8 Å². The Bertz CT molecular complexity index is 1160. The first kappa shape index (κ1) is 27.8. The molecular formula is C26H35FN4O4S. The molecule has 1 fully saturated rings. The largest absolute Gasteiger partial charge is 0.325 e. The monoisotopic (exact) mass is 518 g/mol. The number of halogens is 1. The van der Waals surface area contributed by atoms with Crippen LogP contribution in [0.25, 0.3) is 0 Å². The lowest BCUT2D eigenvalue weighted by atomic mass is 10.1. The van der Waals surface area contributed by atoms with Crippen LogP contribution in [-0.4, -0.2) is 62.7 Å². The van der Waals surface area contributed by atoms with Crippen molar-refractivity contribution in [1.29, 1.82) is 0 Å². The average molecular weight is 519 g/mol. The van der Waals surface area contributed by atoms with Gasteiger partial charge in [-0.25, -0.2) is 12.8 Å². The Morgan fingerprint density at radius 1 is 0.944 bits per heavy atom. The van der Waals surface area contributed by atoms with Gasteiger partial charge in [-0.3, -0.25) is 14.5 Å². The Hall–Kier alpha value is -2.82. The second kappa shape index (κ2) is 12.9. The number of rotatable bonds is 10. The summed E-state index contributed by atoms with van der Waals surface area (Å²) >= 11 is 0. The van der Waals surface area contributed by atoms with Gasteiger partial charge in [0.25, 0.3) is 0 Å². The lowest BCUT2D eigenvalue weighted by Gasteiger charge is -2.22. The fraction of sp³-hybridized carbons (Fsp3) is 0.462. The molecule has 8 nitrogen and oxygen atoms in total. The fourth-order valence-electron chi connectivity index (χ4n) is 4.28. The maximum absolute atomic E-state index is 13.5. The number of hydrogen-bond donors (Lipinski definition) is 2. The zero-order valence-corrected chi connectivity index (χ0v) is 21.7. The molecule has 0 unspecified atom stereocenters. The van der Waals surface area contributed by atoms with Gasteiger partial charge in [0.15, 0.2) is 0 Å². The highest BCUT2D eigenvalue weighted by atomic mass is 32.2. The first-order valence-corrected chi connectivity index (χ1v) is 13.8. The van der Waals surface area contributed by atoms with E-state index >= 15 is 0 Å². The Morgan fingerprint density at radius 2 is 1.56 bits per heavy atom. The van der Waals surface area contributed by atoms with Crippen molar-refractivity contribution in [3.05, 3.63) is 53.8 Å². The molecule has 2 aromatic carbocycles. The molecule has 0 aromatic heterocycles. The topological polar surface area (TPSA) is 98.8 Å². The van der Waals surface area contributed by atoms with Gasteiger partial charge in [-0.2, -0.15) is 4.31 Å². The molecule has 0 saturated carbocycles. The number of aryl methyl sites for hydroxylation is 1. The number of nitrogens with one attached hydrogen (secondary N) is 2. The van der Waals surface area contributed by atoms with Gasteiger partial charge in [0.2, 0.25) is 21.8 Å². The summed E-state index contributed by atoms with van der Waals surface area (Å²) < 4.78 is 41.8. The summed E-state index contributed by atoms with van der Waals surface area (Å²) in [4.78, 5) is 26.6. The third kappa shape index (κ3) is 7.84. The number of amides is 2. The summed E-state index contributed by atoms with van der Waals surface area (Å²) in [6.45, 7) is 2.85. The molecule has 0 aliphatic carbocycles. The molecule has 0 spiro atoms. The molecule has 1 aliphatic rings. The SMILES string of the molecule is CCCc1ccc(NC(=O)CN(C)CC(=O)Nc2cccc(F)c2)cc1S(=O)(=O)N1CCCCCC1. The zero-order chi connectivity index (χ0) is 26.1. The van der Waals surface area contributed by atoms with Crippen LogP contribution in [0.5, 0.6) is 0 Å². The first-order chi connectivity index (χ1) is 17.2. The quantitative estimate of drug-likeness (QED) is 0.498. The summed E-state index contributed by atoms with van der Waals surface area (Å²) in [5, 5.41) is 5.35. The van der Waals surface area contributed by atoms with Gasteiger partial charge < -0.3 is 10.6 Å². The van der Waals surface area contributed by atoms with Gasteiger partial charge in [-0.15, -0.1) is 0 Å². The molecule has 1 heterocycles. The standard InChI is InChI=1S/C26H35FN4O4S/c1-3-9-20-12-13-23(17-24(20)36(34,35)31-14-6-4-5-7-15-31)29-26(33)19-30(2)18-25(32)28-22-11-8-10-21(27)16-22/h8,10-13,16-17H,3-7,9,14-15,18-19H2,1-2H3,(H,28,32)(H,29,33). The Labute approximate surface area is 212 Å². The van der Waals surface area contributed by atoms with Crippen molar-refractivity contribution in [2.24, 2.45) is 0 Å². The number of benzene rings is 2. The molecule has 36 heavy (non-hydrogen) atoms. The van der Waals surface area contributed by atoms with Gasteiger partial charge in [0, 0.05) is 24.5 Å². The number of sulfonamides is 1. The van der Waals surface area contributed by atoms with Crippen LogP contribution < -0.4 is 10.6 Å². The van der Waals surface area contributed by atoms with Crippen molar-refractivity contribution in [3.8, 4) is 0 Å². The Kier molecular flexibility index (Phi) is 9.98. The third-order valence-electron chi connectivity index (χ3n) is 5.99. The van der Waals surface area contributed by atoms with Crippen molar-refractivity contribution < 1.29 is 22.4 Å². The second-order valence-electron chi connectivity index (χ2n) is 9.17. The summed E-state index contributed by atoms with van der Waals surface area (Å²) in [7, 11) is -2.06.